The minimum Gasteiger partial charge on any atom is -0.480 e. The van der Waals surface area contributed by atoms with Crippen LogP contribution in [-0.4, -0.2) is 27.6 Å². The monoisotopic (exact) mass is 264 g/mol. The lowest BCUT2D eigenvalue weighted by molar-refractivity contribution is -0.141. The van der Waals surface area contributed by atoms with Crippen molar-refractivity contribution in [2.45, 2.75) is 38.1 Å². The second-order valence-corrected chi connectivity index (χ2v) is 5.19. The molecular weight excluding hydrogens is 244 g/mol. The molecule has 1 saturated carbocycles. The molecule has 0 bridgehead atoms. The number of carboxylic acids is 1. The lowest BCUT2D eigenvalue weighted by Crippen LogP contribution is -2.46. The molecular formula is C14H20N2O3. The largest absolute Gasteiger partial charge is 0.480 e. The van der Waals surface area contributed by atoms with Gasteiger partial charge in [0.2, 0.25) is 0 Å². The van der Waals surface area contributed by atoms with Gasteiger partial charge in [0.1, 0.15) is 11.7 Å². The van der Waals surface area contributed by atoms with E-state index in [9.17, 15) is 14.7 Å². The zero-order valence-corrected chi connectivity index (χ0v) is 11.1. The van der Waals surface area contributed by atoms with Crippen LogP contribution < -0.4 is 5.32 Å². The third-order valence-electron chi connectivity index (χ3n) is 3.85. The van der Waals surface area contributed by atoms with Gasteiger partial charge in [-0.25, -0.2) is 4.79 Å². The van der Waals surface area contributed by atoms with Crippen LogP contribution in [0.1, 0.15) is 42.6 Å². The van der Waals surface area contributed by atoms with Crippen molar-refractivity contribution >= 4 is 11.9 Å². The summed E-state index contributed by atoms with van der Waals surface area (Å²) in [6.45, 7) is 0. The molecule has 5 heteroatoms. The van der Waals surface area contributed by atoms with Crippen molar-refractivity contribution in [3.05, 3.63) is 24.0 Å². The highest BCUT2D eigenvalue weighted by atomic mass is 16.4. The van der Waals surface area contributed by atoms with E-state index in [0.29, 0.717) is 5.69 Å². The topological polar surface area (TPSA) is 71.3 Å². The summed E-state index contributed by atoms with van der Waals surface area (Å²) in [4.78, 5) is 23.5. The van der Waals surface area contributed by atoms with Gasteiger partial charge in [0.15, 0.2) is 0 Å². The summed E-state index contributed by atoms with van der Waals surface area (Å²) in [7, 11) is 1.77. The van der Waals surface area contributed by atoms with Gasteiger partial charge in [-0.2, -0.15) is 0 Å². The van der Waals surface area contributed by atoms with Crippen LogP contribution in [0.25, 0.3) is 0 Å². The van der Waals surface area contributed by atoms with E-state index in [4.69, 9.17) is 0 Å². The van der Waals surface area contributed by atoms with Crippen molar-refractivity contribution < 1.29 is 14.7 Å². The van der Waals surface area contributed by atoms with Crippen molar-refractivity contribution in [3.63, 3.8) is 0 Å². The van der Waals surface area contributed by atoms with Gasteiger partial charge in [-0.1, -0.05) is 19.3 Å². The molecule has 0 spiro atoms. The first-order valence-electron chi connectivity index (χ1n) is 6.74. The summed E-state index contributed by atoms with van der Waals surface area (Å²) >= 11 is 0. The fourth-order valence-electron chi connectivity index (χ4n) is 2.76. The number of rotatable bonds is 4. The van der Waals surface area contributed by atoms with Gasteiger partial charge in [0.05, 0.1) is 0 Å². The van der Waals surface area contributed by atoms with Crippen LogP contribution in [0.5, 0.6) is 0 Å². The van der Waals surface area contributed by atoms with E-state index < -0.39 is 12.0 Å². The maximum absolute atomic E-state index is 12.1. The van der Waals surface area contributed by atoms with Crippen molar-refractivity contribution in [3.8, 4) is 0 Å². The van der Waals surface area contributed by atoms with Crippen LogP contribution >= 0.6 is 0 Å². The lowest BCUT2D eigenvalue weighted by Gasteiger charge is -2.28. The SMILES string of the molecule is Cn1cccc1C(=O)NC(C(=O)O)C1CCCCC1. The van der Waals surface area contributed by atoms with E-state index in [-0.39, 0.29) is 11.8 Å². The number of carbonyl (C=O) groups excluding carboxylic acids is 1. The van der Waals surface area contributed by atoms with Gasteiger partial charge in [0, 0.05) is 13.2 Å². The average molecular weight is 264 g/mol. The van der Waals surface area contributed by atoms with Crippen LogP contribution in [0.2, 0.25) is 0 Å². The summed E-state index contributed by atoms with van der Waals surface area (Å²) in [6, 6.07) is 2.68. The van der Waals surface area contributed by atoms with Crippen molar-refractivity contribution in [1.29, 1.82) is 0 Å². The third-order valence-corrected chi connectivity index (χ3v) is 3.85. The lowest BCUT2D eigenvalue weighted by atomic mass is 9.84. The van der Waals surface area contributed by atoms with E-state index in [1.165, 1.54) is 0 Å². The van der Waals surface area contributed by atoms with Crippen LogP contribution in [0.4, 0.5) is 0 Å². The Morgan fingerprint density at radius 1 is 1.37 bits per heavy atom. The zero-order valence-electron chi connectivity index (χ0n) is 11.1. The number of nitrogens with one attached hydrogen (secondary N) is 1. The Balaban J connectivity index is 2.06. The molecule has 0 saturated heterocycles. The molecule has 1 aromatic heterocycles. The smallest absolute Gasteiger partial charge is 0.326 e. The molecule has 1 aromatic rings. The second kappa shape index (κ2) is 5.91. The standard InChI is InChI=1S/C14H20N2O3/c1-16-9-5-8-11(16)13(17)15-12(14(18)19)10-6-3-2-4-7-10/h5,8-10,12H,2-4,6-7H2,1H3,(H,15,17)(H,18,19). The van der Waals surface area contributed by atoms with Crippen LogP contribution in [-0.2, 0) is 11.8 Å². The highest BCUT2D eigenvalue weighted by Gasteiger charge is 2.31. The zero-order chi connectivity index (χ0) is 13.8. The molecule has 104 valence electrons. The molecule has 1 fully saturated rings. The Bertz CT molecular complexity index is 461. The Kier molecular flexibility index (Phi) is 4.24. The molecule has 1 amide bonds. The molecule has 1 unspecified atom stereocenters. The molecule has 5 nitrogen and oxygen atoms in total. The summed E-state index contributed by atoms with van der Waals surface area (Å²) in [6.07, 6.45) is 6.79. The first-order chi connectivity index (χ1) is 9.09. The Morgan fingerprint density at radius 2 is 2.05 bits per heavy atom. The minimum absolute atomic E-state index is 0.0514. The number of nitrogens with zero attached hydrogens (tertiary/aromatic N) is 1. The first kappa shape index (κ1) is 13.6. The predicted octanol–water partition coefficient (Wildman–Crippen LogP) is 1.79. The van der Waals surface area contributed by atoms with Gasteiger partial charge in [0.25, 0.3) is 5.91 Å². The molecule has 2 N–H and O–H groups in total. The van der Waals surface area contributed by atoms with E-state index in [0.717, 1.165) is 32.1 Å². The van der Waals surface area contributed by atoms with Gasteiger partial charge < -0.3 is 15.0 Å². The van der Waals surface area contributed by atoms with Crippen molar-refractivity contribution in [2.24, 2.45) is 13.0 Å². The molecule has 1 atom stereocenters. The molecule has 0 aliphatic heterocycles. The van der Waals surface area contributed by atoms with Crippen molar-refractivity contribution in [2.75, 3.05) is 0 Å². The van der Waals surface area contributed by atoms with E-state index in [2.05, 4.69) is 5.32 Å². The fourth-order valence-corrected chi connectivity index (χ4v) is 2.76. The van der Waals surface area contributed by atoms with Crippen LogP contribution in [0.15, 0.2) is 18.3 Å². The fraction of sp³-hybridized carbons (Fsp3) is 0.571. The number of aryl methyl sites for hydroxylation is 1. The number of hydrogen-bond donors (Lipinski definition) is 2. The maximum Gasteiger partial charge on any atom is 0.326 e. The number of aromatic nitrogens is 1. The summed E-state index contributed by atoms with van der Waals surface area (Å²) < 4.78 is 1.69. The van der Waals surface area contributed by atoms with E-state index in [1.54, 1.807) is 29.9 Å². The quantitative estimate of drug-likeness (QED) is 0.871. The molecule has 1 aliphatic rings. The summed E-state index contributed by atoms with van der Waals surface area (Å²) in [5, 5.41) is 12.0. The molecule has 2 rings (SSSR count). The highest BCUT2D eigenvalue weighted by Crippen LogP contribution is 2.26. The van der Waals surface area contributed by atoms with Crippen LogP contribution in [0, 0.1) is 5.92 Å². The van der Waals surface area contributed by atoms with Gasteiger partial charge in [-0.15, -0.1) is 0 Å². The number of hydrogen-bond acceptors (Lipinski definition) is 2. The number of amides is 1. The Labute approximate surface area is 112 Å². The summed E-state index contributed by atoms with van der Waals surface area (Å²) in [5.74, 6) is -1.20. The predicted molar refractivity (Wildman–Crippen MR) is 70.9 cm³/mol. The Morgan fingerprint density at radius 3 is 2.58 bits per heavy atom. The molecule has 0 aromatic carbocycles. The number of aliphatic carboxylic acids is 1. The van der Waals surface area contributed by atoms with Crippen molar-refractivity contribution in [1.82, 2.24) is 9.88 Å². The molecule has 1 heterocycles. The normalized spacial score (nSPS) is 17.9. The highest BCUT2D eigenvalue weighted by molar-refractivity contribution is 5.95. The molecule has 19 heavy (non-hydrogen) atoms. The van der Waals surface area contributed by atoms with Gasteiger partial charge >= 0.3 is 5.97 Å². The maximum atomic E-state index is 12.1. The molecule has 0 radical (unpaired) electrons. The molecule has 1 aliphatic carbocycles. The number of carboxylic acid groups (broad SMARTS) is 1. The number of carbonyl (C=O) groups is 2. The minimum atomic E-state index is -0.936. The van der Waals surface area contributed by atoms with Gasteiger partial charge in [-0.3, -0.25) is 4.79 Å². The van der Waals surface area contributed by atoms with Gasteiger partial charge in [-0.05, 0) is 30.9 Å². The van der Waals surface area contributed by atoms with E-state index in [1.807, 2.05) is 0 Å². The van der Waals surface area contributed by atoms with E-state index >= 15 is 0 Å². The Hall–Kier alpha value is -1.78. The second-order valence-electron chi connectivity index (χ2n) is 5.19. The average Bonchev–Trinajstić information content (AvgIpc) is 2.82. The third kappa shape index (κ3) is 3.16. The first-order valence-corrected chi connectivity index (χ1v) is 6.74. The summed E-state index contributed by atoms with van der Waals surface area (Å²) in [5.41, 5.74) is 0.488. The van der Waals surface area contributed by atoms with Crippen LogP contribution in [0.3, 0.4) is 0 Å².